The minimum atomic E-state index is -0.00645. The Morgan fingerprint density at radius 1 is 0.788 bits per heavy atom. The van der Waals surface area contributed by atoms with Gasteiger partial charge in [0.1, 0.15) is 0 Å². The number of ketones is 1. The molecule has 4 aromatic rings. The van der Waals surface area contributed by atoms with Crippen molar-refractivity contribution in [2.75, 3.05) is 26.2 Å². The second-order valence-electron chi connectivity index (χ2n) is 8.70. The molecule has 5 nitrogen and oxygen atoms in total. The zero-order valence-electron chi connectivity index (χ0n) is 18.2. The summed E-state index contributed by atoms with van der Waals surface area (Å²) in [4.78, 5) is 34.8. The minimum Gasteiger partial charge on any atom is -0.336 e. The molecule has 1 amide bonds. The lowest BCUT2D eigenvalue weighted by Crippen LogP contribution is -2.48. The summed E-state index contributed by atoms with van der Waals surface area (Å²) in [6, 6.07) is 23.5. The Morgan fingerprint density at radius 2 is 1.55 bits per heavy atom. The number of pyridine rings is 1. The molecule has 0 radical (unpaired) electrons. The fourth-order valence-corrected chi connectivity index (χ4v) is 4.99. The summed E-state index contributed by atoms with van der Waals surface area (Å²) < 4.78 is 0. The molecule has 0 atom stereocenters. The summed E-state index contributed by atoms with van der Waals surface area (Å²) in [5, 5.41) is 1.15. The first kappa shape index (κ1) is 19.8. The van der Waals surface area contributed by atoms with E-state index in [-0.39, 0.29) is 11.7 Å². The molecule has 0 saturated carbocycles. The van der Waals surface area contributed by atoms with Crippen LogP contribution in [0.4, 0.5) is 0 Å². The molecule has 1 aliphatic heterocycles. The summed E-state index contributed by atoms with van der Waals surface area (Å²) in [7, 11) is 0. The van der Waals surface area contributed by atoms with Crippen molar-refractivity contribution in [3.05, 3.63) is 101 Å². The van der Waals surface area contributed by atoms with Gasteiger partial charge in [-0.05, 0) is 34.9 Å². The lowest BCUT2D eigenvalue weighted by Gasteiger charge is -2.35. The summed E-state index contributed by atoms with van der Waals surface area (Å²) in [5.41, 5.74) is 6.06. The van der Waals surface area contributed by atoms with Crippen molar-refractivity contribution in [1.82, 2.24) is 14.8 Å². The topological polar surface area (TPSA) is 53.5 Å². The molecule has 33 heavy (non-hydrogen) atoms. The van der Waals surface area contributed by atoms with Crippen molar-refractivity contribution in [3.8, 4) is 11.1 Å². The monoisotopic (exact) mass is 433 g/mol. The molecule has 1 aliphatic carbocycles. The van der Waals surface area contributed by atoms with E-state index < -0.39 is 0 Å². The second-order valence-corrected chi connectivity index (χ2v) is 8.70. The summed E-state index contributed by atoms with van der Waals surface area (Å²) in [6.07, 6.45) is 1.84. The molecule has 1 aromatic heterocycles. The largest absolute Gasteiger partial charge is 0.336 e. The van der Waals surface area contributed by atoms with Crippen LogP contribution in [-0.2, 0) is 6.54 Å². The number of hydrogen-bond donors (Lipinski definition) is 0. The first-order valence-electron chi connectivity index (χ1n) is 11.3. The number of para-hydroxylation sites is 1. The third-order valence-corrected chi connectivity index (χ3v) is 6.74. The Labute approximate surface area is 192 Å². The first-order chi connectivity index (χ1) is 16.2. The van der Waals surface area contributed by atoms with Crippen LogP contribution in [0.3, 0.4) is 0 Å². The van der Waals surface area contributed by atoms with Gasteiger partial charge in [-0.3, -0.25) is 19.5 Å². The molecule has 1 saturated heterocycles. The van der Waals surface area contributed by atoms with E-state index in [4.69, 9.17) is 0 Å². The smallest absolute Gasteiger partial charge is 0.253 e. The van der Waals surface area contributed by atoms with E-state index in [1.54, 1.807) is 6.07 Å². The zero-order chi connectivity index (χ0) is 22.4. The second kappa shape index (κ2) is 7.94. The van der Waals surface area contributed by atoms with Crippen LogP contribution in [0.5, 0.6) is 0 Å². The number of carbonyl (C=O) groups excluding carboxylic acids is 2. The van der Waals surface area contributed by atoms with Gasteiger partial charge in [0.05, 0.1) is 5.52 Å². The summed E-state index contributed by atoms with van der Waals surface area (Å²) >= 11 is 0. The van der Waals surface area contributed by atoms with E-state index in [1.165, 1.54) is 5.56 Å². The molecule has 2 aliphatic rings. The molecule has 3 aromatic carbocycles. The molecule has 0 bridgehead atoms. The number of amides is 1. The van der Waals surface area contributed by atoms with Crippen LogP contribution in [0.1, 0.15) is 31.8 Å². The highest BCUT2D eigenvalue weighted by Gasteiger charge is 2.29. The number of rotatable bonds is 3. The maximum atomic E-state index is 13.2. The van der Waals surface area contributed by atoms with Crippen LogP contribution in [0.15, 0.2) is 79.0 Å². The summed E-state index contributed by atoms with van der Waals surface area (Å²) in [6.45, 7) is 3.78. The van der Waals surface area contributed by atoms with Crippen LogP contribution in [0, 0.1) is 0 Å². The Bertz CT molecular complexity index is 1400. The van der Waals surface area contributed by atoms with Gasteiger partial charge in [0.15, 0.2) is 5.78 Å². The normalized spacial score (nSPS) is 15.5. The van der Waals surface area contributed by atoms with Gasteiger partial charge < -0.3 is 4.90 Å². The fraction of sp³-hybridized carbons (Fsp3) is 0.179. The van der Waals surface area contributed by atoms with Crippen LogP contribution in [0.25, 0.3) is 22.0 Å². The Hall–Kier alpha value is -3.83. The average Bonchev–Trinajstić information content (AvgIpc) is 3.16. The maximum Gasteiger partial charge on any atom is 0.253 e. The molecule has 0 N–H and O–H groups in total. The number of carbonyl (C=O) groups is 2. The molecule has 0 unspecified atom stereocenters. The summed E-state index contributed by atoms with van der Waals surface area (Å²) in [5.74, 6) is -0.00296. The van der Waals surface area contributed by atoms with E-state index in [0.717, 1.165) is 41.7 Å². The van der Waals surface area contributed by atoms with E-state index in [1.807, 2.05) is 53.6 Å². The average molecular weight is 434 g/mol. The molecule has 5 heteroatoms. The van der Waals surface area contributed by atoms with Gasteiger partial charge in [0, 0.05) is 61.0 Å². The quantitative estimate of drug-likeness (QED) is 0.423. The van der Waals surface area contributed by atoms with Crippen LogP contribution >= 0.6 is 0 Å². The molecular formula is C28H23N3O2. The molecule has 1 fully saturated rings. The SMILES string of the molecule is O=C1c2ccccc2-c2ccc(C(=O)N3CCN(Cc4cccc5cccnc45)CC3)cc21. The maximum absolute atomic E-state index is 13.2. The minimum absolute atomic E-state index is 0.00349. The van der Waals surface area contributed by atoms with Crippen molar-refractivity contribution in [1.29, 1.82) is 0 Å². The predicted molar refractivity (Wildman–Crippen MR) is 128 cm³/mol. The molecular weight excluding hydrogens is 410 g/mol. The van der Waals surface area contributed by atoms with Gasteiger partial charge in [0.25, 0.3) is 5.91 Å². The lowest BCUT2D eigenvalue weighted by atomic mass is 10.0. The van der Waals surface area contributed by atoms with Gasteiger partial charge in [-0.2, -0.15) is 0 Å². The number of aromatic nitrogens is 1. The van der Waals surface area contributed by atoms with Crippen molar-refractivity contribution < 1.29 is 9.59 Å². The molecule has 6 rings (SSSR count). The van der Waals surface area contributed by atoms with E-state index in [9.17, 15) is 9.59 Å². The van der Waals surface area contributed by atoms with Gasteiger partial charge >= 0.3 is 0 Å². The molecule has 0 spiro atoms. The fourth-order valence-electron chi connectivity index (χ4n) is 4.99. The number of benzene rings is 3. The zero-order valence-corrected chi connectivity index (χ0v) is 18.2. The van der Waals surface area contributed by atoms with Crippen molar-refractivity contribution in [2.45, 2.75) is 6.54 Å². The number of piperazine rings is 1. The molecule has 2 heterocycles. The van der Waals surface area contributed by atoms with Crippen molar-refractivity contribution in [2.24, 2.45) is 0 Å². The van der Waals surface area contributed by atoms with Crippen molar-refractivity contribution >= 4 is 22.6 Å². The van der Waals surface area contributed by atoms with Crippen LogP contribution < -0.4 is 0 Å². The third-order valence-electron chi connectivity index (χ3n) is 6.74. The van der Waals surface area contributed by atoms with E-state index in [2.05, 4.69) is 34.1 Å². The predicted octanol–water partition coefficient (Wildman–Crippen LogP) is 4.40. The number of nitrogens with zero attached hydrogens (tertiary/aromatic N) is 3. The van der Waals surface area contributed by atoms with Gasteiger partial charge in [0.2, 0.25) is 0 Å². The Kier molecular flexibility index (Phi) is 4.77. The van der Waals surface area contributed by atoms with Crippen LogP contribution in [-0.4, -0.2) is 52.7 Å². The number of fused-ring (bicyclic) bond motifs is 4. The van der Waals surface area contributed by atoms with E-state index >= 15 is 0 Å². The van der Waals surface area contributed by atoms with Gasteiger partial charge in [-0.15, -0.1) is 0 Å². The third kappa shape index (κ3) is 3.41. The highest BCUT2D eigenvalue weighted by molar-refractivity contribution is 6.22. The van der Waals surface area contributed by atoms with E-state index in [0.29, 0.717) is 29.8 Å². The van der Waals surface area contributed by atoms with Crippen molar-refractivity contribution in [3.63, 3.8) is 0 Å². The van der Waals surface area contributed by atoms with Crippen LogP contribution in [0.2, 0.25) is 0 Å². The standard InChI is InChI=1S/C28H23N3O2/c32-27-24-9-2-1-8-22(24)23-11-10-20(17-25(23)27)28(33)31-15-13-30(14-16-31)18-21-6-3-5-19-7-4-12-29-26(19)21/h1-12,17H,13-16,18H2. The first-order valence-corrected chi connectivity index (χ1v) is 11.3. The molecule has 162 valence electrons. The highest BCUT2D eigenvalue weighted by atomic mass is 16.2. The highest BCUT2D eigenvalue weighted by Crippen LogP contribution is 2.36. The Balaban J connectivity index is 1.15. The number of hydrogen-bond acceptors (Lipinski definition) is 4. The lowest BCUT2D eigenvalue weighted by molar-refractivity contribution is 0.0629. The Morgan fingerprint density at radius 3 is 2.39 bits per heavy atom. The van der Waals surface area contributed by atoms with Gasteiger partial charge in [-0.25, -0.2) is 0 Å². The van der Waals surface area contributed by atoms with Gasteiger partial charge in [-0.1, -0.05) is 54.6 Å².